The highest BCUT2D eigenvalue weighted by Crippen LogP contribution is 2.48. The van der Waals surface area contributed by atoms with Crippen molar-refractivity contribution in [3.63, 3.8) is 0 Å². The van der Waals surface area contributed by atoms with Crippen LogP contribution in [0, 0.1) is 5.92 Å². The minimum Gasteiger partial charge on any atom is -0.365 e. The topological polar surface area (TPSA) is 103 Å². The third-order valence-corrected chi connectivity index (χ3v) is 6.23. The monoisotopic (exact) mass is 453 g/mol. The molecule has 158 valence electrons. The predicted octanol–water partition coefficient (Wildman–Crippen LogP) is 4.33. The van der Waals surface area contributed by atoms with Crippen molar-refractivity contribution in [1.29, 1.82) is 0 Å². The second-order valence-corrected chi connectivity index (χ2v) is 8.77. The third-order valence-electron chi connectivity index (χ3n) is 4.94. The Hall–Kier alpha value is -2.59. The molecule has 0 aliphatic heterocycles. The highest BCUT2D eigenvalue weighted by molar-refractivity contribution is 7.21. The van der Waals surface area contributed by atoms with Gasteiger partial charge in [0.15, 0.2) is 0 Å². The minimum atomic E-state index is -2.73. The van der Waals surface area contributed by atoms with Crippen LogP contribution in [0.25, 0.3) is 10.2 Å². The Bertz CT molecular complexity index is 1140. The van der Waals surface area contributed by atoms with Gasteiger partial charge in [-0.25, -0.2) is 13.8 Å². The summed E-state index contributed by atoms with van der Waals surface area (Å²) in [5.74, 6) is -1.51. The standard InChI is InChI=1S/C19H18ClF2N5O2S/c1-8(6-27-7-10(20)5-24-27)18(29)26-14-13-11(9-2-3-9)4-12(16(21)22)25-19(13)30-15(14)17(23)28/h4-5,7-9,16H,2-3,6H2,1H3,(H2,23,28)(H,26,29). The lowest BCUT2D eigenvalue weighted by molar-refractivity contribution is -0.119. The zero-order valence-corrected chi connectivity index (χ0v) is 17.4. The SMILES string of the molecule is CC(Cn1cc(Cl)cn1)C(=O)Nc1c(C(N)=O)sc2nc(C(F)F)cc(C3CC3)c12. The fraction of sp³-hybridized carbons (Fsp3) is 0.368. The summed E-state index contributed by atoms with van der Waals surface area (Å²) in [6.45, 7) is 1.98. The maximum absolute atomic E-state index is 13.3. The quantitative estimate of drug-likeness (QED) is 0.555. The molecule has 7 nitrogen and oxygen atoms in total. The second kappa shape index (κ2) is 7.92. The Morgan fingerprint density at radius 3 is 2.73 bits per heavy atom. The van der Waals surface area contributed by atoms with Crippen LogP contribution in [0.2, 0.25) is 5.02 Å². The molecule has 0 bridgehead atoms. The molecule has 4 rings (SSSR count). The number of nitrogens with two attached hydrogens (primary N) is 1. The summed E-state index contributed by atoms with van der Waals surface area (Å²) in [4.78, 5) is 29.2. The van der Waals surface area contributed by atoms with E-state index in [1.54, 1.807) is 17.8 Å². The largest absolute Gasteiger partial charge is 0.365 e. The van der Waals surface area contributed by atoms with Crippen molar-refractivity contribution < 1.29 is 18.4 Å². The highest BCUT2D eigenvalue weighted by Gasteiger charge is 2.32. The van der Waals surface area contributed by atoms with Crippen molar-refractivity contribution in [2.24, 2.45) is 11.7 Å². The molecule has 0 aromatic carbocycles. The Morgan fingerprint density at radius 1 is 1.43 bits per heavy atom. The number of aromatic nitrogens is 3. The van der Waals surface area contributed by atoms with E-state index < -0.39 is 18.3 Å². The van der Waals surface area contributed by atoms with Crippen molar-refractivity contribution in [2.45, 2.75) is 38.7 Å². The van der Waals surface area contributed by atoms with Gasteiger partial charge in [-0.1, -0.05) is 18.5 Å². The van der Waals surface area contributed by atoms with E-state index >= 15 is 0 Å². The van der Waals surface area contributed by atoms with Gasteiger partial charge in [0.1, 0.15) is 15.4 Å². The summed E-state index contributed by atoms with van der Waals surface area (Å²) in [6, 6.07) is 1.37. The first kappa shape index (κ1) is 20.7. The van der Waals surface area contributed by atoms with Crippen molar-refractivity contribution in [3.05, 3.63) is 39.6 Å². The van der Waals surface area contributed by atoms with Crippen molar-refractivity contribution in [3.8, 4) is 0 Å². The Balaban J connectivity index is 1.72. The molecule has 11 heteroatoms. The first-order valence-electron chi connectivity index (χ1n) is 9.28. The number of nitrogens with zero attached hydrogens (tertiary/aromatic N) is 3. The maximum Gasteiger partial charge on any atom is 0.280 e. The van der Waals surface area contributed by atoms with Gasteiger partial charge in [0, 0.05) is 11.6 Å². The van der Waals surface area contributed by atoms with Gasteiger partial charge in [-0.2, -0.15) is 5.10 Å². The number of halogens is 3. The Labute approximate surface area is 179 Å². The summed E-state index contributed by atoms with van der Waals surface area (Å²) in [5.41, 5.74) is 6.08. The molecule has 3 aromatic rings. The van der Waals surface area contributed by atoms with Crippen LogP contribution in [0.4, 0.5) is 14.5 Å². The molecular formula is C19H18ClF2N5O2S. The lowest BCUT2D eigenvalue weighted by atomic mass is 10.0. The molecule has 3 heterocycles. The molecule has 3 aromatic heterocycles. The lowest BCUT2D eigenvalue weighted by Gasteiger charge is -2.14. The number of primary amides is 1. The number of hydrogen-bond donors (Lipinski definition) is 2. The maximum atomic E-state index is 13.3. The first-order chi connectivity index (χ1) is 14.2. The molecule has 30 heavy (non-hydrogen) atoms. The van der Waals surface area contributed by atoms with E-state index in [4.69, 9.17) is 17.3 Å². The van der Waals surface area contributed by atoms with Crippen LogP contribution in [-0.2, 0) is 11.3 Å². The van der Waals surface area contributed by atoms with Crippen molar-refractivity contribution in [1.82, 2.24) is 14.8 Å². The molecular weight excluding hydrogens is 436 g/mol. The van der Waals surface area contributed by atoms with Crippen LogP contribution in [0.15, 0.2) is 18.5 Å². The molecule has 1 saturated carbocycles. The predicted molar refractivity (Wildman–Crippen MR) is 110 cm³/mol. The molecule has 1 fully saturated rings. The fourth-order valence-corrected chi connectivity index (χ4v) is 4.49. The number of pyridine rings is 1. The smallest absolute Gasteiger partial charge is 0.280 e. The summed E-state index contributed by atoms with van der Waals surface area (Å²) in [5, 5.41) is 7.81. The van der Waals surface area contributed by atoms with Crippen molar-refractivity contribution >= 4 is 50.7 Å². The fourth-order valence-electron chi connectivity index (χ4n) is 3.32. The zero-order valence-electron chi connectivity index (χ0n) is 15.9. The molecule has 3 N–H and O–H groups in total. The molecule has 2 amide bonds. The van der Waals surface area contributed by atoms with Crippen LogP contribution >= 0.6 is 22.9 Å². The van der Waals surface area contributed by atoms with Gasteiger partial charge in [-0.05, 0) is 30.4 Å². The number of amides is 2. The summed E-state index contributed by atoms with van der Waals surface area (Å²) in [7, 11) is 0. The molecule has 1 unspecified atom stereocenters. The minimum absolute atomic E-state index is 0.0912. The molecule has 1 aliphatic rings. The number of carbonyl (C=O) groups is 2. The summed E-state index contributed by atoms with van der Waals surface area (Å²) >= 11 is 6.77. The average Bonchev–Trinajstić information content (AvgIpc) is 3.36. The zero-order chi connectivity index (χ0) is 21.6. The van der Waals surface area contributed by atoms with Gasteiger partial charge in [0.25, 0.3) is 12.3 Å². The molecule has 1 aliphatic carbocycles. The number of hydrogen-bond acceptors (Lipinski definition) is 5. The Morgan fingerprint density at radius 2 is 2.17 bits per heavy atom. The van der Waals surface area contributed by atoms with E-state index in [1.807, 2.05) is 0 Å². The number of anilines is 1. The second-order valence-electron chi connectivity index (χ2n) is 7.33. The van der Waals surface area contributed by atoms with Gasteiger partial charge in [-0.3, -0.25) is 14.3 Å². The molecule has 0 spiro atoms. The average molecular weight is 454 g/mol. The molecule has 0 radical (unpaired) electrons. The highest BCUT2D eigenvalue weighted by atomic mass is 35.5. The first-order valence-corrected chi connectivity index (χ1v) is 10.5. The van der Waals surface area contributed by atoms with Crippen LogP contribution < -0.4 is 11.1 Å². The van der Waals surface area contributed by atoms with Crippen molar-refractivity contribution in [2.75, 3.05) is 5.32 Å². The van der Waals surface area contributed by atoms with E-state index in [0.29, 0.717) is 16.0 Å². The van der Waals surface area contributed by atoms with E-state index in [9.17, 15) is 18.4 Å². The number of thiophene rings is 1. The van der Waals surface area contributed by atoms with Crippen LogP contribution in [0.1, 0.15) is 53.0 Å². The van der Waals surface area contributed by atoms with Crippen LogP contribution in [0.3, 0.4) is 0 Å². The normalized spacial score (nSPS) is 15.0. The van der Waals surface area contributed by atoms with Crippen LogP contribution in [0.5, 0.6) is 0 Å². The van der Waals surface area contributed by atoms with Gasteiger partial charge in [-0.15, -0.1) is 11.3 Å². The van der Waals surface area contributed by atoms with Gasteiger partial charge >= 0.3 is 0 Å². The Kier molecular flexibility index (Phi) is 5.46. The van der Waals surface area contributed by atoms with Gasteiger partial charge < -0.3 is 11.1 Å². The number of alkyl halides is 2. The van der Waals surface area contributed by atoms with Crippen LogP contribution in [-0.4, -0.2) is 26.6 Å². The van der Waals surface area contributed by atoms with Gasteiger partial charge in [0.2, 0.25) is 5.91 Å². The number of carbonyl (C=O) groups excluding carboxylic acids is 2. The molecule has 0 saturated heterocycles. The van der Waals surface area contributed by atoms with E-state index in [2.05, 4.69) is 15.4 Å². The van der Waals surface area contributed by atoms with E-state index in [-0.39, 0.29) is 39.5 Å². The lowest BCUT2D eigenvalue weighted by Crippen LogP contribution is -2.25. The summed E-state index contributed by atoms with van der Waals surface area (Å²) in [6.07, 6.45) is 2.05. The number of fused-ring (bicyclic) bond motifs is 1. The van der Waals surface area contributed by atoms with E-state index in [1.165, 1.54) is 12.3 Å². The third kappa shape index (κ3) is 4.01. The number of nitrogens with one attached hydrogen (secondary N) is 1. The molecule has 1 atom stereocenters. The van der Waals surface area contributed by atoms with Gasteiger partial charge in [0.05, 0.1) is 29.4 Å². The summed E-state index contributed by atoms with van der Waals surface area (Å²) < 4.78 is 28.2. The van der Waals surface area contributed by atoms with E-state index in [0.717, 1.165) is 24.2 Å². The number of rotatable bonds is 7.